The van der Waals surface area contributed by atoms with Crippen LogP contribution in [-0.4, -0.2) is 35.5 Å². The summed E-state index contributed by atoms with van der Waals surface area (Å²) >= 11 is 3.31. The largest absolute Gasteiger partial charge is 0.486 e. The highest BCUT2D eigenvalue weighted by atomic mass is 79.9. The molecule has 1 aromatic rings. The highest BCUT2D eigenvalue weighted by Crippen LogP contribution is 2.29. The maximum absolute atomic E-state index is 9.38. The molecule has 1 aromatic heterocycles. The number of aliphatic hydroxyl groups is 1. The number of nitrogens with zero attached hydrogens (tertiary/aromatic N) is 1. The van der Waals surface area contributed by atoms with Crippen LogP contribution in [-0.2, 0) is 4.74 Å². The van der Waals surface area contributed by atoms with Gasteiger partial charge in [-0.25, -0.2) is 0 Å². The first-order valence-electron chi connectivity index (χ1n) is 4.69. The molecule has 0 aromatic carbocycles. The summed E-state index contributed by atoms with van der Waals surface area (Å²) in [6, 6.07) is 1.84. The van der Waals surface area contributed by atoms with Gasteiger partial charge in [-0.1, -0.05) is 0 Å². The lowest BCUT2D eigenvalue weighted by Crippen LogP contribution is -2.54. The summed E-state index contributed by atoms with van der Waals surface area (Å²) in [7, 11) is 1.57. The molecule has 0 saturated heterocycles. The van der Waals surface area contributed by atoms with Crippen LogP contribution in [0.1, 0.15) is 6.42 Å². The molecule has 4 nitrogen and oxygen atoms in total. The van der Waals surface area contributed by atoms with E-state index in [1.807, 2.05) is 6.07 Å². The minimum Gasteiger partial charge on any atom is -0.486 e. The van der Waals surface area contributed by atoms with Gasteiger partial charge in [0.1, 0.15) is 18.0 Å². The fourth-order valence-corrected chi connectivity index (χ4v) is 1.96. The van der Waals surface area contributed by atoms with Crippen LogP contribution in [0.4, 0.5) is 0 Å². The molecule has 1 fully saturated rings. The molecule has 1 aliphatic rings. The summed E-state index contributed by atoms with van der Waals surface area (Å²) in [5, 5.41) is 9.38. The second-order valence-electron chi connectivity index (χ2n) is 3.50. The molecule has 1 heterocycles. The molecule has 2 rings (SSSR count). The molecule has 1 aliphatic carbocycles. The van der Waals surface area contributed by atoms with Crippen molar-refractivity contribution in [2.75, 3.05) is 7.11 Å². The SMILES string of the molecule is COC1C(O)CC1Oc1cncc(Br)c1. The van der Waals surface area contributed by atoms with E-state index in [2.05, 4.69) is 20.9 Å². The van der Waals surface area contributed by atoms with Crippen molar-refractivity contribution in [3.8, 4) is 5.75 Å². The van der Waals surface area contributed by atoms with Gasteiger partial charge in [0.05, 0.1) is 12.3 Å². The Labute approximate surface area is 96.4 Å². The fraction of sp³-hybridized carbons (Fsp3) is 0.500. The van der Waals surface area contributed by atoms with Gasteiger partial charge >= 0.3 is 0 Å². The first kappa shape index (κ1) is 10.9. The van der Waals surface area contributed by atoms with Crippen molar-refractivity contribution in [2.45, 2.75) is 24.7 Å². The minimum atomic E-state index is -0.417. The van der Waals surface area contributed by atoms with Gasteiger partial charge < -0.3 is 14.6 Å². The third-order valence-electron chi connectivity index (χ3n) is 2.46. The van der Waals surface area contributed by atoms with Gasteiger partial charge in [0, 0.05) is 24.2 Å². The highest BCUT2D eigenvalue weighted by Gasteiger charge is 2.42. The summed E-state index contributed by atoms with van der Waals surface area (Å²) in [5.74, 6) is 0.684. The zero-order valence-electron chi connectivity index (χ0n) is 8.26. The number of pyridine rings is 1. The zero-order valence-corrected chi connectivity index (χ0v) is 9.85. The number of hydrogen-bond donors (Lipinski definition) is 1. The van der Waals surface area contributed by atoms with Crippen molar-refractivity contribution in [3.05, 3.63) is 22.9 Å². The molecule has 3 atom stereocenters. The molecule has 0 bridgehead atoms. The summed E-state index contributed by atoms with van der Waals surface area (Å²) in [6.07, 6.45) is 3.20. The Bertz CT molecular complexity index is 347. The van der Waals surface area contributed by atoms with Crippen molar-refractivity contribution in [1.82, 2.24) is 4.98 Å². The maximum Gasteiger partial charge on any atom is 0.139 e. The van der Waals surface area contributed by atoms with Gasteiger partial charge in [-0.3, -0.25) is 4.98 Å². The third kappa shape index (κ3) is 2.30. The monoisotopic (exact) mass is 273 g/mol. The van der Waals surface area contributed by atoms with E-state index in [-0.39, 0.29) is 12.2 Å². The first-order chi connectivity index (χ1) is 7.20. The Kier molecular flexibility index (Phi) is 3.23. The predicted molar refractivity (Wildman–Crippen MR) is 57.8 cm³/mol. The first-order valence-corrected chi connectivity index (χ1v) is 5.48. The van der Waals surface area contributed by atoms with E-state index in [9.17, 15) is 5.11 Å². The average Bonchev–Trinajstić information content (AvgIpc) is 2.17. The second kappa shape index (κ2) is 4.47. The smallest absolute Gasteiger partial charge is 0.139 e. The van der Waals surface area contributed by atoms with E-state index < -0.39 is 6.10 Å². The van der Waals surface area contributed by atoms with Crippen LogP contribution >= 0.6 is 15.9 Å². The van der Waals surface area contributed by atoms with Crippen LogP contribution in [0, 0.1) is 0 Å². The summed E-state index contributed by atoms with van der Waals surface area (Å²) in [6.45, 7) is 0. The van der Waals surface area contributed by atoms with Crippen molar-refractivity contribution < 1.29 is 14.6 Å². The van der Waals surface area contributed by atoms with Gasteiger partial charge in [0.2, 0.25) is 0 Å². The molecule has 0 radical (unpaired) electrons. The normalized spacial score (nSPS) is 29.7. The second-order valence-corrected chi connectivity index (χ2v) is 4.41. The number of rotatable bonds is 3. The van der Waals surface area contributed by atoms with Gasteiger partial charge in [-0.05, 0) is 22.0 Å². The summed E-state index contributed by atoms with van der Waals surface area (Å²) in [5.41, 5.74) is 0. The standard InChI is InChI=1S/C10H12BrNO3/c1-14-10-8(13)3-9(10)15-7-2-6(11)4-12-5-7/h2,4-5,8-10,13H,3H2,1H3. The molecular weight excluding hydrogens is 262 g/mol. The van der Waals surface area contributed by atoms with E-state index in [4.69, 9.17) is 9.47 Å². The zero-order chi connectivity index (χ0) is 10.8. The summed E-state index contributed by atoms with van der Waals surface area (Å²) < 4.78 is 11.6. The van der Waals surface area contributed by atoms with Crippen LogP contribution in [0.2, 0.25) is 0 Å². The third-order valence-corrected chi connectivity index (χ3v) is 2.89. The molecule has 3 unspecified atom stereocenters. The van der Waals surface area contributed by atoms with Gasteiger partial charge in [0.25, 0.3) is 0 Å². The van der Waals surface area contributed by atoms with Gasteiger partial charge in [-0.15, -0.1) is 0 Å². The van der Waals surface area contributed by atoms with Crippen molar-refractivity contribution in [2.24, 2.45) is 0 Å². The fourth-order valence-electron chi connectivity index (χ4n) is 1.61. The Balaban J connectivity index is 1.98. The van der Waals surface area contributed by atoms with Crippen LogP contribution in [0.3, 0.4) is 0 Å². The van der Waals surface area contributed by atoms with Crippen molar-refractivity contribution in [1.29, 1.82) is 0 Å². The van der Waals surface area contributed by atoms with Crippen molar-refractivity contribution in [3.63, 3.8) is 0 Å². The Morgan fingerprint density at radius 2 is 2.33 bits per heavy atom. The maximum atomic E-state index is 9.38. The van der Waals surface area contributed by atoms with E-state index in [0.717, 1.165) is 4.47 Å². The number of halogens is 1. The molecule has 82 valence electrons. The van der Waals surface area contributed by atoms with Crippen LogP contribution < -0.4 is 4.74 Å². The summed E-state index contributed by atoms with van der Waals surface area (Å²) in [4.78, 5) is 3.99. The van der Waals surface area contributed by atoms with E-state index in [1.54, 1.807) is 19.5 Å². The molecule has 5 heteroatoms. The Morgan fingerprint density at radius 1 is 1.53 bits per heavy atom. The Morgan fingerprint density at radius 3 is 2.93 bits per heavy atom. The van der Waals surface area contributed by atoms with Gasteiger partial charge in [0.15, 0.2) is 0 Å². The molecule has 15 heavy (non-hydrogen) atoms. The molecular formula is C10H12BrNO3. The molecule has 0 amide bonds. The van der Waals surface area contributed by atoms with Gasteiger partial charge in [-0.2, -0.15) is 0 Å². The number of aliphatic hydroxyl groups excluding tert-OH is 1. The van der Waals surface area contributed by atoms with E-state index in [0.29, 0.717) is 12.2 Å². The molecule has 0 aliphatic heterocycles. The molecule has 0 spiro atoms. The lowest BCUT2D eigenvalue weighted by atomic mass is 9.88. The lowest BCUT2D eigenvalue weighted by molar-refractivity contribution is -0.149. The van der Waals surface area contributed by atoms with E-state index in [1.165, 1.54) is 0 Å². The minimum absolute atomic E-state index is 0.0823. The number of hydrogen-bond acceptors (Lipinski definition) is 4. The number of aromatic nitrogens is 1. The van der Waals surface area contributed by atoms with Crippen LogP contribution in [0.5, 0.6) is 5.75 Å². The highest BCUT2D eigenvalue weighted by molar-refractivity contribution is 9.10. The molecule has 1 N–H and O–H groups in total. The number of ether oxygens (including phenoxy) is 2. The van der Waals surface area contributed by atoms with Crippen molar-refractivity contribution >= 4 is 15.9 Å². The average molecular weight is 274 g/mol. The van der Waals surface area contributed by atoms with E-state index >= 15 is 0 Å². The predicted octanol–water partition coefficient (Wildman–Crippen LogP) is 1.37. The topological polar surface area (TPSA) is 51.6 Å². The Hall–Kier alpha value is -0.650. The van der Waals surface area contributed by atoms with Crippen LogP contribution in [0.25, 0.3) is 0 Å². The lowest BCUT2D eigenvalue weighted by Gasteiger charge is -2.39. The number of methoxy groups -OCH3 is 1. The molecule has 1 saturated carbocycles. The van der Waals surface area contributed by atoms with Crippen LogP contribution in [0.15, 0.2) is 22.9 Å². The quantitative estimate of drug-likeness (QED) is 0.904.